The lowest BCUT2D eigenvalue weighted by atomic mass is 9.83. The molecule has 0 bridgehead atoms. The van der Waals surface area contributed by atoms with Gasteiger partial charge in [0.2, 0.25) is 15.9 Å². The molecule has 11 heteroatoms. The predicted octanol–water partition coefficient (Wildman–Crippen LogP) is 4.37. The minimum Gasteiger partial charge on any atom is -0.444 e. The Kier molecular flexibility index (Phi) is 7.26. The third kappa shape index (κ3) is 5.56. The zero-order chi connectivity index (χ0) is 28.1. The number of aromatic amines is 1. The normalized spacial score (nSPS) is 21.9. The summed E-state index contributed by atoms with van der Waals surface area (Å²) in [6.45, 7) is 5.78. The summed E-state index contributed by atoms with van der Waals surface area (Å²) < 4.78 is 46.4. The summed E-state index contributed by atoms with van der Waals surface area (Å²) in [6.07, 6.45) is 7.43. The molecule has 3 heterocycles. The Balaban J connectivity index is 1.55. The van der Waals surface area contributed by atoms with Gasteiger partial charge in [0.25, 0.3) is 0 Å². The van der Waals surface area contributed by atoms with Crippen LogP contribution in [0.15, 0.2) is 30.1 Å². The lowest BCUT2D eigenvalue weighted by Gasteiger charge is -2.34. The average Bonchev–Trinajstić information content (AvgIpc) is 3.55. The van der Waals surface area contributed by atoms with Crippen LogP contribution in [0.2, 0.25) is 0 Å². The molecule has 2 N–H and O–H groups in total. The van der Waals surface area contributed by atoms with Crippen LogP contribution in [0.5, 0.6) is 0 Å². The first-order chi connectivity index (χ1) is 18.3. The quantitative estimate of drug-likeness (QED) is 0.564. The van der Waals surface area contributed by atoms with Crippen molar-refractivity contribution in [2.75, 3.05) is 19.3 Å². The van der Waals surface area contributed by atoms with E-state index in [0.29, 0.717) is 29.8 Å². The van der Waals surface area contributed by atoms with Crippen molar-refractivity contribution in [3.8, 4) is 0 Å². The van der Waals surface area contributed by atoms with Gasteiger partial charge < -0.3 is 19.9 Å². The number of H-pyrrole nitrogens is 1. The largest absolute Gasteiger partial charge is 0.444 e. The fourth-order valence-electron chi connectivity index (χ4n) is 6.28. The molecule has 9 nitrogen and oxygen atoms in total. The number of sulfonamides is 1. The van der Waals surface area contributed by atoms with Gasteiger partial charge in [-0.15, -0.1) is 0 Å². The number of carbonyl (C=O) groups is 2. The van der Waals surface area contributed by atoms with E-state index in [1.807, 2.05) is 0 Å². The monoisotopic (exact) mass is 560 g/mol. The Bertz CT molecular complexity index is 1420. The highest BCUT2D eigenvalue weighted by Crippen LogP contribution is 2.43. The number of likely N-dealkylation sites (tertiary alicyclic amines) is 1. The van der Waals surface area contributed by atoms with Gasteiger partial charge in [0, 0.05) is 41.4 Å². The molecule has 2 fully saturated rings. The number of fused-ring (bicyclic) bond motifs is 2. The molecule has 0 radical (unpaired) electrons. The van der Waals surface area contributed by atoms with Gasteiger partial charge in [0.05, 0.1) is 12.3 Å². The van der Waals surface area contributed by atoms with Crippen LogP contribution in [0.25, 0.3) is 16.5 Å². The van der Waals surface area contributed by atoms with E-state index < -0.39 is 33.8 Å². The van der Waals surface area contributed by atoms with E-state index >= 15 is 0 Å². The number of ether oxygens (including phenoxy) is 1. The molecule has 1 aliphatic carbocycles. The van der Waals surface area contributed by atoms with E-state index in [1.54, 1.807) is 37.9 Å². The average molecular weight is 561 g/mol. The first-order valence-corrected chi connectivity index (χ1v) is 15.5. The van der Waals surface area contributed by atoms with Crippen molar-refractivity contribution in [3.05, 3.63) is 41.5 Å². The molecule has 2 amide bonds. The van der Waals surface area contributed by atoms with Crippen LogP contribution in [0.4, 0.5) is 9.18 Å². The molecule has 5 rings (SSSR count). The smallest absolute Gasteiger partial charge is 0.408 e. The first-order valence-electron chi connectivity index (χ1n) is 13.6. The maximum atomic E-state index is 14.3. The molecule has 212 valence electrons. The van der Waals surface area contributed by atoms with E-state index in [9.17, 15) is 22.4 Å². The van der Waals surface area contributed by atoms with Crippen LogP contribution in [-0.4, -0.2) is 71.6 Å². The van der Waals surface area contributed by atoms with Crippen molar-refractivity contribution < 1.29 is 27.1 Å². The van der Waals surface area contributed by atoms with Gasteiger partial charge >= 0.3 is 6.09 Å². The predicted molar refractivity (Wildman–Crippen MR) is 147 cm³/mol. The third-order valence-corrected chi connectivity index (χ3v) is 9.16. The summed E-state index contributed by atoms with van der Waals surface area (Å²) in [5, 5.41) is 3.62. The lowest BCUT2D eigenvalue weighted by Crippen LogP contribution is -2.53. The van der Waals surface area contributed by atoms with Crippen LogP contribution in [0.1, 0.15) is 64.9 Å². The zero-order valence-electron chi connectivity index (χ0n) is 22.9. The molecule has 3 aliphatic rings. The second-order valence-electron chi connectivity index (χ2n) is 11.9. The summed E-state index contributed by atoms with van der Waals surface area (Å²) in [5.41, 5.74) is 1.98. The number of alkyl carbamates (subject to hydrolysis) is 1. The summed E-state index contributed by atoms with van der Waals surface area (Å²) in [5.74, 6) is -0.661. The molecule has 39 heavy (non-hydrogen) atoms. The van der Waals surface area contributed by atoms with Crippen LogP contribution < -0.4 is 5.32 Å². The van der Waals surface area contributed by atoms with Crippen molar-refractivity contribution in [1.82, 2.24) is 19.5 Å². The van der Waals surface area contributed by atoms with Crippen molar-refractivity contribution in [3.63, 3.8) is 0 Å². The van der Waals surface area contributed by atoms with Gasteiger partial charge in [-0.3, -0.25) is 4.79 Å². The highest BCUT2D eigenvalue weighted by Gasteiger charge is 2.48. The van der Waals surface area contributed by atoms with E-state index in [-0.39, 0.29) is 24.2 Å². The second kappa shape index (κ2) is 10.2. The number of nitrogens with one attached hydrogen (secondary N) is 2. The number of hydrogen-bond acceptors (Lipinski definition) is 5. The minimum atomic E-state index is -3.58. The highest BCUT2D eigenvalue weighted by atomic mass is 32.2. The molecule has 1 aromatic heterocycles. The fraction of sp³-hybridized carbons (Fsp3) is 0.571. The van der Waals surface area contributed by atoms with E-state index in [1.165, 1.54) is 22.7 Å². The number of rotatable bonds is 5. The van der Waals surface area contributed by atoms with E-state index in [0.717, 1.165) is 43.1 Å². The van der Waals surface area contributed by atoms with Gasteiger partial charge in [-0.2, -0.15) is 4.31 Å². The molecule has 2 aromatic rings. The van der Waals surface area contributed by atoms with Crippen molar-refractivity contribution >= 4 is 38.5 Å². The molecular formula is C28H37FN4O5S. The molecule has 1 saturated heterocycles. The number of benzene rings is 1. The molecule has 2 unspecified atom stereocenters. The Morgan fingerprint density at radius 1 is 1.15 bits per heavy atom. The number of aromatic nitrogens is 1. The first kappa shape index (κ1) is 27.6. The number of nitrogens with zero attached hydrogens (tertiary/aromatic N) is 2. The molecule has 0 spiro atoms. The molecule has 1 aromatic carbocycles. The molecular weight excluding hydrogens is 523 g/mol. The summed E-state index contributed by atoms with van der Waals surface area (Å²) >= 11 is 0. The van der Waals surface area contributed by atoms with E-state index in [4.69, 9.17) is 4.74 Å². The number of halogens is 1. The second-order valence-corrected chi connectivity index (χ2v) is 13.8. The van der Waals surface area contributed by atoms with Crippen LogP contribution in [0.3, 0.4) is 0 Å². The van der Waals surface area contributed by atoms with Crippen molar-refractivity contribution in [1.29, 1.82) is 0 Å². The van der Waals surface area contributed by atoms with E-state index in [2.05, 4.69) is 10.3 Å². The Morgan fingerprint density at radius 2 is 1.87 bits per heavy atom. The Labute approximate surface area is 228 Å². The van der Waals surface area contributed by atoms with Crippen molar-refractivity contribution in [2.45, 2.75) is 77.0 Å². The van der Waals surface area contributed by atoms with Crippen LogP contribution in [0, 0.1) is 11.7 Å². The van der Waals surface area contributed by atoms with Gasteiger partial charge in [-0.05, 0) is 69.7 Å². The minimum absolute atomic E-state index is 0.0367. The number of carbonyl (C=O) groups excluding carboxylic acids is 2. The third-order valence-electron chi connectivity index (χ3n) is 7.92. The van der Waals surface area contributed by atoms with Crippen molar-refractivity contribution in [2.24, 2.45) is 5.92 Å². The number of amides is 2. The maximum Gasteiger partial charge on any atom is 0.408 e. The van der Waals surface area contributed by atoms with Gasteiger partial charge in [-0.25, -0.2) is 17.6 Å². The van der Waals surface area contributed by atoms with Crippen LogP contribution >= 0.6 is 0 Å². The van der Waals surface area contributed by atoms with Crippen LogP contribution in [-0.2, 0) is 19.6 Å². The lowest BCUT2D eigenvalue weighted by molar-refractivity contribution is -0.132. The van der Waals surface area contributed by atoms with Gasteiger partial charge in [0.1, 0.15) is 17.5 Å². The summed E-state index contributed by atoms with van der Waals surface area (Å²) in [7, 11) is -3.58. The Morgan fingerprint density at radius 3 is 2.54 bits per heavy atom. The number of hydrogen-bond donors (Lipinski definition) is 2. The summed E-state index contributed by atoms with van der Waals surface area (Å²) in [6, 6.07) is 3.16. The molecule has 1 saturated carbocycles. The maximum absolute atomic E-state index is 14.3. The summed E-state index contributed by atoms with van der Waals surface area (Å²) in [4.78, 5) is 31.9. The van der Waals surface area contributed by atoms with Gasteiger partial charge in [-0.1, -0.05) is 19.3 Å². The topological polar surface area (TPSA) is 112 Å². The zero-order valence-corrected chi connectivity index (χ0v) is 23.7. The Hall–Kier alpha value is -2.92. The molecule has 2 atom stereocenters. The van der Waals surface area contributed by atoms with Gasteiger partial charge in [0.15, 0.2) is 0 Å². The highest BCUT2D eigenvalue weighted by molar-refractivity contribution is 7.88. The standard InChI is InChI=1S/C28H37FN4O5S/c1-28(2,3)38-27(35)31-24(17-8-6-5-7-9-17)26(34)32-13-12-23-25(32)21(16-33(23)39(4,36)37)20-15-30-22-14-18(29)10-11-19(20)22/h10-11,14-15,17,23-24,30H,5-9,12-13,16H2,1-4H3,(H,31,35). The fourth-order valence-corrected chi connectivity index (χ4v) is 7.31. The SMILES string of the molecule is CC(C)(C)OC(=O)NC(C(=O)N1CCC2C1=C(c1c[nH]c3cc(F)ccc13)CN2S(C)(=O)=O)C1CCCCC1. The molecule has 2 aliphatic heterocycles.